The molecule has 1 fully saturated rings. The van der Waals surface area contributed by atoms with Crippen LogP contribution in [0.25, 0.3) is 0 Å². The zero-order valence-corrected chi connectivity index (χ0v) is 7.25. The van der Waals surface area contributed by atoms with E-state index in [1.54, 1.807) is 0 Å². The molecule has 0 N–H and O–H groups in total. The van der Waals surface area contributed by atoms with Gasteiger partial charge in [-0.25, -0.2) is 0 Å². The van der Waals surface area contributed by atoms with Crippen LogP contribution in [0, 0.1) is 5.92 Å². The molecule has 0 saturated heterocycles. The number of hydrogen-bond donors (Lipinski definition) is 1. The van der Waals surface area contributed by atoms with Crippen LogP contribution in [0.2, 0.25) is 0 Å². The molecule has 0 bridgehead atoms. The first kappa shape index (κ1) is 7.46. The summed E-state index contributed by atoms with van der Waals surface area (Å²) in [5, 5.41) is 0. The lowest BCUT2D eigenvalue weighted by molar-refractivity contribution is 0.439. The van der Waals surface area contributed by atoms with Gasteiger partial charge >= 0.3 is 0 Å². The Morgan fingerprint density at radius 2 is 1.67 bits per heavy atom. The van der Waals surface area contributed by atoms with Gasteiger partial charge in [-0.3, -0.25) is 0 Å². The van der Waals surface area contributed by atoms with E-state index in [9.17, 15) is 0 Å². The molecule has 1 heteroatoms. The molecule has 1 rings (SSSR count). The molecule has 9 heavy (non-hydrogen) atoms. The predicted molar refractivity (Wildman–Crippen MR) is 45.0 cm³/mol. The van der Waals surface area contributed by atoms with Crippen LogP contribution < -0.4 is 0 Å². The van der Waals surface area contributed by atoms with E-state index >= 15 is 0 Å². The normalized spacial score (nSPS) is 23.0. The number of hydrogen-bond acceptors (Lipinski definition) is 1. The van der Waals surface area contributed by atoms with Crippen LogP contribution in [0.3, 0.4) is 0 Å². The van der Waals surface area contributed by atoms with Gasteiger partial charge in [0.1, 0.15) is 0 Å². The van der Waals surface area contributed by atoms with E-state index < -0.39 is 0 Å². The molecule has 0 nitrogen and oxygen atoms in total. The lowest BCUT2D eigenvalue weighted by Crippen LogP contribution is -2.21. The van der Waals surface area contributed by atoms with Gasteiger partial charge in [0.25, 0.3) is 0 Å². The molecule has 0 aromatic rings. The molecule has 1 aliphatic rings. The minimum atomic E-state index is 0.274. The summed E-state index contributed by atoms with van der Waals surface area (Å²) in [6.45, 7) is 4.46. The van der Waals surface area contributed by atoms with E-state index in [0.29, 0.717) is 0 Å². The van der Waals surface area contributed by atoms with E-state index in [1.165, 1.54) is 25.7 Å². The van der Waals surface area contributed by atoms with Crippen LogP contribution in [0.15, 0.2) is 0 Å². The van der Waals surface area contributed by atoms with Gasteiger partial charge in [0.2, 0.25) is 0 Å². The SMILES string of the molecule is CC(C)(S)C1CCCC1. The fourth-order valence-electron chi connectivity index (χ4n) is 1.63. The molecule has 0 amide bonds. The second-order valence-corrected chi connectivity index (χ2v) is 4.79. The minimum absolute atomic E-state index is 0.274. The molecular weight excluding hydrogens is 128 g/mol. The van der Waals surface area contributed by atoms with E-state index in [1.807, 2.05) is 0 Å². The van der Waals surface area contributed by atoms with Crippen molar-refractivity contribution in [3.63, 3.8) is 0 Å². The van der Waals surface area contributed by atoms with Crippen molar-refractivity contribution in [2.24, 2.45) is 5.92 Å². The van der Waals surface area contributed by atoms with Gasteiger partial charge in [0.15, 0.2) is 0 Å². The van der Waals surface area contributed by atoms with E-state index in [0.717, 1.165) is 5.92 Å². The molecule has 0 aromatic heterocycles. The Kier molecular flexibility index (Phi) is 2.10. The van der Waals surface area contributed by atoms with Crippen molar-refractivity contribution >= 4 is 12.6 Å². The zero-order valence-electron chi connectivity index (χ0n) is 6.35. The van der Waals surface area contributed by atoms with Gasteiger partial charge in [0.05, 0.1) is 0 Å². The first-order valence-corrected chi connectivity index (χ1v) is 4.28. The molecule has 0 spiro atoms. The maximum atomic E-state index is 4.55. The fourth-order valence-corrected chi connectivity index (χ4v) is 1.89. The molecule has 0 aliphatic heterocycles. The van der Waals surface area contributed by atoms with Crippen molar-refractivity contribution in [1.29, 1.82) is 0 Å². The highest BCUT2D eigenvalue weighted by Crippen LogP contribution is 2.37. The maximum Gasteiger partial charge on any atom is 0.0101 e. The van der Waals surface area contributed by atoms with Gasteiger partial charge in [-0.05, 0) is 18.8 Å². The van der Waals surface area contributed by atoms with Crippen LogP contribution in [0.5, 0.6) is 0 Å². The van der Waals surface area contributed by atoms with Crippen LogP contribution in [-0.4, -0.2) is 4.75 Å². The topological polar surface area (TPSA) is 0 Å². The lowest BCUT2D eigenvalue weighted by Gasteiger charge is -2.25. The van der Waals surface area contributed by atoms with Crippen molar-refractivity contribution in [1.82, 2.24) is 0 Å². The molecular formula is C8H16S. The second kappa shape index (κ2) is 2.53. The van der Waals surface area contributed by atoms with Gasteiger partial charge in [-0.1, -0.05) is 26.7 Å². The van der Waals surface area contributed by atoms with Crippen LogP contribution in [0.1, 0.15) is 39.5 Å². The molecule has 0 atom stereocenters. The highest BCUT2D eigenvalue weighted by molar-refractivity contribution is 7.81. The number of rotatable bonds is 1. The number of thiol groups is 1. The van der Waals surface area contributed by atoms with E-state index in [4.69, 9.17) is 0 Å². The summed E-state index contributed by atoms with van der Waals surface area (Å²) in [5.41, 5.74) is 0. The van der Waals surface area contributed by atoms with Gasteiger partial charge in [-0.2, -0.15) is 12.6 Å². The van der Waals surface area contributed by atoms with Gasteiger partial charge < -0.3 is 0 Å². The molecule has 54 valence electrons. The van der Waals surface area contributed by atoms with E-state index in [-0.39, 0.29) is 4.75 Å². The first-order chi connectivity index (χ1) is 4.11. The third-order valence-corrected chi connectivity index (χ3v) is 2.72. The zero-order chi connectivity index (χ0) is 6.91. The maximum absolute atomic E-state index is 4.55. The van der Waals surface area contributed by atoms with Gasteiger partial charge in [-0.15, -0.1) is 0 Å². The Balaban J connectivity index is 2.42. The van der Waals surface area contributed by atoms with Crippen LogP contribution in [0.4, 0.5) is 0 Å². The Labute approximate surface area is 63.4 Å². The lowest BCUT2D eigenvalue weighted by atomic mass is 9.94. The average Bonchev–Trinajstić information content (AvgIpc) is 2.08. The van der Waals surface area contributed by atoms with Crippen molar-refractivity contribution in [2.45, 2.75) is 44.3 Å². The predicted octanol–water partition coefficient (Wildman–Crippen LogP) is 2.89. The van der Waals surface area contributed by atoms with Crippen LogP contribution in [-0.2, 0) is 0 Å². The minimum Gasteiger partial charge on any atom is -0.173 e. The smallest absolute Gasteiger partial charge is 0.0101 e. The third kappa shape index (κ3) is 1.89. The van der Waals surface area contributed by atoms with Crippen molar-refractivity contribution < 1.29 is 0 Å². The molecule has 0 radical (unpaired) electrons. The standard InChI is InChI=1S/C8H16S/c1-8(2,9)7-5-3-4-6-7/h7,9H,3-6H2,1-2H3. The molecule has 1 aliphatic carbocycles. The molecule has 0 unspecified atom stereocenters. The molecule has 1 saturated carbocycles. The van der Waals surface area contributed by atoms with E-state index in [2.05, 4.69) is 26.5 Å². The molecule has 0 heterocycles. The van der Waals surface area contributed by atoms with Crippen molar-refractivity contribution in [3.05, 3.63) is 0 Å². The summed E-state index contributed by atoms with van der Waals surface area (Å²) < 4.78 is 0.274. The summed E-state index contributed by atoms with van der Waals surface area (Å²) in [7, 11) is 0. The largest absolute Gasteiger partial charge is 0.173 e. The second-order valence-electron chi connectivity index (χ2n) is 3.64. The quantitative estimate of drug-likeness (QED) is 0.537. The monoisotopic (exact) mass is 144 g/mol. The summed E-state index contributed by atoms with van der Waals surface area (Å²) in [4.78, 5) is 0. The summed E-state index contributed by atoms with van der Waals surface area (Å²) in [5.74, 6) is 0.876. The van der Waals surface area contributed by atoms with Crippen LogP contribution >= 0.6 is 12.6 Å². The fraction of sp³-hybridized carbons (Fsp3) is 1.00. The van der Waals surface area contributed by atoms with Crippen molar-refractivity contribution in [2.75, 3.05) is 0 Å². The average molecular weight is 144 g/mol. The Hall–Kier alpha value is 0.350. The van der Waals surface area contributed by atoms with Gasteiger partial charge in [0, 0.05) is 4.75 Å². The Morgan fingerprint density at radius 3 is 1.89 bits per heavy atom. The Morgan fingerprint density at radius 1 is 1.22 bits per heavy atom. The third-order valence-electron chi connectivity index (χ3n) is 2.35. The summed E-state index contributed by atoms with van der Waals surface area (Å²) in [6, 6.07) is 0. The highest BCUT2D eigenvalue weighted by atomic mass is 32.1. The highest BCUT2D eigenvalue weighted by Gasteiger charge is 2.27. The summed E-state index contributed by atoms with van der Waals surface area (Å²) in [6.07, 6.45) is 5.65. The Bertz CT molecular complexity index is 85.2. The summed E-state index contributed by atoms with van der Waals surface area (Å²) >= 11 is 4.55. The first-order valence-electron chi connectivity index (χ1n) is 3.83. The molecule has 0 aromatic carbocycles. The van der Waals surface area contributed by atoms with Crippen molar-refractivity contribution in [3.8, 4) is 0 Å².